The van der Waals surface area contributed by atoms with Crippen molar-refractivity contribution in [2.45, 2.75) is 55.4 Å². The Balaban J connectivity index is 2.17. The molecule has 0 N–H and O–H groups in total. The summed E-state index contributed by atoms with van der Waals surface area (Å²) in [7, 11) is 0. The molecule has 0 saturated heterocycles. The van der Waals surface area contributed by atoms with E-state index in [4.69, 9.17) is 0 Å². The van der Waals surface area contributed by atoms with E-state index >= 15 is 0 Å². The van der Waals surface area contributed by atoms with Gasteiger partial charge in [-0.15, -0.1) is 34.0 Å². The molecule has 0 amide bonds. The Morgan fingerprint density at radius 3 is 1.33 bits per heavy atom. The van der Waals surface area contributed by atoms with E-state index in [9.17, 15) is 10.5 Å². The zero-order chi connectivity index (χ0) is 24.2. The van der Waals surface area contributed by atoms with E-state index in [2.05, 4.69) is 60.6 Å². The van der Waals surface area contributed by atoms with Crippen molar-refractivity contribution >= 4 is 67.3 Å². The molecule has 0 bridgehead atoms. The van der Waals surface area contributed by atoms with Gasteiger partial charge in [0.15, 0.2) is 0 Å². The first kappa shape index (κ1) is 24.4. The summed E-state index contributed by atoms with van der Waals surface area (Å²) in [4.78, 5) is 2.80. The minimum absolute atomic E-state index is 0.204. The number of hydrogen-bond donors (Lipinski definition) is 0. The highest BCUT2D eigenvalue weighted by Crippen LogP contribution is 2.49. The van der Waals surface area contributed by atoms with Crippen LogP contribution in [0.5, 0.6) is 0 Å². The van der Waals surface area contributed by atoms with E-state index in [0.717, 1.165) is 10.1 Å². The van der Waals surface area contributed by atoms with Gasteiger partial charge < -0.3 is 0 Å². The second kappa shape index (κ2) is 9.13. The van der Waals surface area contributed by atoms with Gasteiger partial charge in [-0.05, 0) is 98.6 Å². The maximum atomic E-state index is 9.40. The van der Waals surface area contributed by atoms with Crippen LogP contribution in [0.2, 0.25) is 0 Å². The molecule has 0 aromatic carbocycles. The predicted octanol–water partition coefficient (Wildman–Crippen LogP) is 7.29. The van der Waals surface area contributed by atoms with Gasteiger partial charge in [-0.3, -0.25) is 0 Å². The SMILES string of the molecule is CC1=C(C)SC(=c2s/c(=c3/s/c(=c4/sc(=C(C#N)C#N)c(C)c4C)c(C)c3C)c(C)c2C)S1. The van der Waals surface area contributed by atoms with Gasteiger partial charge >= 0.3 is 0 Å². The molecule has 0 aliphatic carbocycles. The molecule has 1 aliphatic heterocycles. The molecule has 4 heterocycles. The molecule has 7 heteroatoms. The van der Waals surface area contributed by atoms with E-state index in [1.165, 1.54) is 64.5 Å². The monoisotopic (exact) mass is 524 g/mol. The Morgan fingerprint density at radius 2 is 0.879 bits per heavy atom. The van der Waals surface area contributed by atoms with E-state index in [1.807, 2.05) is 53.1 Å². The van der Waals surface area contributed by atoms with Crippen molar-refractivity contribution in [2.24, 2.45) is 0 Å². The van der Waals surface area contributed by atoms with Crippen molar-refractivity contribution < 1.29 is 0 Å². The third kappa shape index (κ3) is 3.95. The Kier molecular flexibility index (Phi) is 6.75. The quantitative estimate of drug-likeness (QED) is 0.310. The summed E-state index contributed by atoms with van der Waals surface area (Å²) >= 11 is 9.14. The van der Waals surface area contributed by atoms with E-state index in [0.29, 0.717) is 0 Å². The molecule has 0 atom stereocenters. The van der Waals surface area contributed by atoms with E-state index < -0.39 is 0 Å². The maximum absolute atomic E-state index is 9.40. The van der Waals surface area contributed by atoms with E-state index in [1.54, 1.807) is 11.3 Å². The van der Waals surface area contributed by atoms with Crippen LogP contribution in [0, 0.1) is 82.3 Å². The summed E-state index contributed by atoms with van der Waals surface area (Å²) in [5.41, 5.74) is 7.77. The standard InChI is InChI=1S/C26H24N2S5/c1-11-12(2)21(31-20(11)19(9-27)10-28)22-13(3)14(4)23(32-22)24-15(5)16(6)25(33-24)26-29-17(7)18(8)30-26/h1-8H3/b22-21+,24-23+. The van der Waals surface area contributed by atoms with Crippen molar-refractivity contribution in [1.82, 2.24) is 0 Å². The molecule has 0 unspecified atom stereocenters. The van der Waals surface area contributed by atoms with Gasteiger partial charge in [-0.25, -0.2) is 0 Å². The first-order valence-electron chi connectivity index (χ1n) is 10.5. The number of nitriles is 2. The first-order chi connectivity index (χ1) is 15.6. The molecule has 0 radical (unpaired) electrons. The summed E-state index contributed by atoms with van der Waals surface area (Å²) in [6.45, 7) is 17.4. The normalized spacial score (nSPS) is 15.8. The second-order valence-electron chi connectivity index (χ2n) is 8.23. The highest BCUT2D eigenvalue weighted by molar-refractivity contribution is 8.35. The molecule has 168 valence electrons. The fourth-order valence-electron chi connectivity index (χ4n) is 3.75. The fourth-order valence-corrected chi connectivity index (χ4v) is 11.0. The molecular weight excluding hydrogens is 501 g/mol. The predicted molar refractivity (Wildman–Crippen MR) is 148 cm³/mol. The van der Waals surface area contributed by atoms with Crippen molar-refractivity contribution in [1.29, 1.82) is 10.5 Å². The lowest BCUT2D eigenvalue weighted by molar-refractivity contribution is 1.31. The van der Waals surface area contributed by atoms with Gasteiger partial charge in [0.1, 0.15) is 17.7 Å². The highest BCUT2D eigenvalue weighted by Gasteiger charge is 2.18. The Labute approximate surface area is 214 Å². The van der Waals surface area contributed by atoms with Crippen molar-refractivity contribution in [2.75, 3.05) is 0 Å². The van der Waals surface area contributed by atoms with Crippen LogP contribution in [0.25, 0.3) is 9.81 Å². The lowest BCUT2D eigenvalue weighted by atomic mass is 10.1. The van der Waals surface area contributed by atoms with Gasteiger partial charge in [0.25, 0.3) is 0 Å². The Bertz CT molecular complexity index is 1730. The van der Waals surface area contributed by atoms with Crippen LogP contribution < -0.4 is 9.06 Å². The van der Waals surface area contributed by atoms with Gasteiger partial charge in [-0.1, -0.05) is 23.5 Å². The summed E-state index contributed by atoms with van der Waals surface area (Å²) in [6.07, 6.45) is 0. The van der Waals surface area contributed by atoms with Crippen LogP contribution in [-0.2, 0) is 0 Å². The third-order valence-corrected chi connectivity index (χ3v) is 13.8. The van der Waals surface area contributed by atoms with Crippen LogP contribution in [0.4, 0.5) is 0 Å². The van der Waals surface area contributed by atoms with Crippen LogP contribution in [0.15, 0.2) is 9.81 Å². The molecule has 3 aromatic rings. The van der Waals surface area contributed by atoms with Crippen LogP contribution in [0.1, 0.15) is 47.2 Å². The summed E-state index contributed by atoms with van der Waals surface area (Å²) < 4.78 is 8.74. The zero-order valence-electron chi connectivity index (χ0n) is 19.9. The lowest BCUT2D eigenvalue weighted by Gasteiger charge is -1.94. The highest BCUT2D eigenvalue weighted by atomic mass is 32.2. The fraction of sp³-hybridized carbons (Fsp3) is 0.308. The number of thiophene rings is 3. The average Bonchev–Trinajstić information content (AvgIpc) is 3.46. The zero-order valence-corrected chi connectivity index (χ0v) is 24.0. The molecule has 4 rings (SSSR count). The topological polar surface area (TPSA) is 47.6 Å². The van der Waals surface area contributed by atoms with E-state index in [-0.39, 0.29) is 5.57 Å². The smallest absolute Gasteiger partial charge is 0.147 e. The molecule has 33 heavy (non-hydrogen) atoms. The Morgan fingerprint density at radius 1 is 0.515 bits per heavy atom. The lowest BCUT2D eigenvalue weighted by Crippen LogP contribution is -2.01. The van der Waals surface area contributed by atoms with Crippen LogP contribution in [0.3, 0.4) is 0 Å². The molecule has 3 aromatic heterocycles. The molecule has 0 fully saturated rings. The number of rotatable bonds is 0. The first-order valence-corrected chi connectivity index (χ1v) is 14.6. The molecule has 0 spiro atoms. The largest absolute Gasteiger partial charge is 0.192 e. The molecule has 0 saturated carbocycles. The van der Waals surface area contributed by atoms with Gasteiger partial charge in [0.2, 0.25) is 0 Å². The number of thioether (sulfide) groups is 2. The summed E-state index contributed by atoms with van der Waals surface area (Å²) in [5, 5.41) is 18.8. The number of allylic oxidation sites excluding steroid dienone is 2. The van der Waals surface area contributed by atoms with Gasteiger partial charge in [0.05, 0.1) is 13.3 Å². The van der Waals surface area contributed by atoms with Crippen LogP contribution in [-0.4, -0.2) is 0 Å². The molecular formula is C26H24N2S5. The summed E-state index contributed by atoms with van der Waals surface area (Å²) in [6, 6.07) is 4.14. The van der Waals surface area contributed by atoms with Gasteiger partial charge in [-0.2, -0.15) is 10.5 Å². The maximum Gasteiger partial charge on any atom is 0.147 e. The second-order valence-corrected chi connectivity index (χ2v) is 14.0. The summed E-state index contributed by atoms with van der Waals surface area (Å²) in [5.74, 6) is 0. The molecule has 1 aliphatic rings. The molecule has 2 nitrogen and oxygen atoms in total. The number of hydrogen-bond acceptors (Lipinski definition) is 7. The minimum Gasteiger partial charge on any atom is -0.192 e. The van der Waals surface area contributed by atoms with Crippen molar-refractivity contribution in [3.05, 3.63) is 70.4 Å². The average molecular weight is 525 g/mol. The van der Waals surface area contributed by atoms with Crippen molar-refractivity contribution in [3.63, 3.8) is 0 Å². The van der Waals surface area contributed by atoms with Gasteiger partial charge in [0, 0.05) is 18.1 Å². The third-order valence-electron chi connectivity index (χ3n) is 6.38. The Hall–Kier alpha value is -1.74. The van der Waals surface area contributed by atoms with Crippen molar-refractivity contribution in [3.8, 4) is 12.1 Å². The minimum atomic E-state index is 0.204. The van der Waals surface area contributed by atoms with Crippen LogP contribution >= 0.6 is 57.5 Å². The number of nitrogens with zero attached hydrogens (tertiary/aromatic N) is 2.